The average Bonchev–Trinajstić information content (AvgIpc) is 2.49. The number of hydrogen-bond donors (Lipinski definition) is 2. The fraction of sp³-hybridized carbons (Fsp3) is 0.294. The number of nitrogens with one attached hydrogen (secondary N) is 1. The molecule has 23 heavy (non-hydrogen) atoms. The van der Waals surface area contributed by atoms with E-state index in [0.29, 0.717) is 5.02 Å². The van der Waals surface area contributed by atoms with Gasteiger partial charge in [0.25, 0.3) is 10.0 Å². The highest BCUT2D eigenvalue weighted by atomic mass is 35.5. The minimum Gasteiger partial charge on any atom is -0.506 e. The number of sulfonamides is 1. The Labute approximate surface area is 142 Å². The Balaban J connectivity index is 2.41. The molecule has 2 N–H and O–H groups in total. The predicted molar refractivity (Wildman–Crippen MR) is 93.7 cm³/mol. The smallest absolute Gasteiger partial charge is 0.262 e. The first-order chi connectivity index (χ1) is 10.7. The van der Waals surface area contributed by atoms with Crippen LogP contribution in [0.5, 0.6) is 5.75 Å². The lowest BCUT2D eigenvalue weighted by molar-refractivity contribution is 0.474. The molecule has 0 fully saturated rings. The number of phenolic OH excluding ortho intramolecular Hbond substituents is 1. The van der Waals surface area contributed by atoms with Crippen molar-refractivity contribution in [3.8, 4) is 5.75 Å². The number of benzene rings is 2. The van der Waals surface area contributed by atoms with Crippen LogP contribution in [-0.4, -0.2) is 13.5 Å². The van der Waals surface area contributed by atoms with Gasteiger partial charge in [0, 0.05) is 5.02 Å². The van der Waals surface area contributed by atoms with E-state index < -0.39 is 10.0 Å². The Kier molecular flexibility index (Phi) is 4.92. The lowest BCUT2D eigenvalue weighted by atomic mass is 9.82. The van der Waals surface area contributed by atoms with E-state index in [-0.39, 0.29) is 21.7 Å². The van der Waals surface area contributed by atoms with Crippen molar-refractivity contribution in [1.29, 1.82) is 0 Å². The third-order valence-corrected chi connectivity index (χ3v) is 5.61. The summed E-state index contributed by atoms with van der Waals surface area (Å²) in [7, 11) is -3.82. The van der Waals surface area contributed by atoms with Crippen LogP contribution in [0.4, 0.5) is 5.69 Å². The second-order valence-electron chi connectivity index (χ2n) is 6.03. The molecule has 2 aromatic rings. The van der Waals surface area contributed by atoms with Crippen LogP contribution in [0.2, 0.25) is 5.02 Å². The highest BCUT2D eigenvalue weighted by molar-refractivity contribution is 7.92. The average molecular weight is 354 g/mol. The molecule has 0 aliphatic rings. The molecule has 2 aromatic carbocycles. The molecule has 0 saturated heterocycles. The molecule has 0 unspecified atom stereocenters. The maximum absolute atomic E-state index is 12.5. The first-order valence-corrected chi connectivity index (χ1v) is 9.14. The van der Waals surface area contributed by atoms with Gasteiger partial charge in [0.05, 0.1) is 10.6 Å². The van der Waals surface area contributed by atoms with Crippen molar-refractivity contribution in [1.82, 2.24) is 0 Å². The third-order valence-electron chi connectivity index (χ3n) is 4.01. The van der Waals surface area contributed by atoms with Crippen LogP contribution < -0.4 is 4.72 Å². The van der Waals surface area contributed by atoms with E-state index in [0.717, 1.165) is 12.0 Å². The Morgan fingerprint density at radius 2 is 1.87 bits per heavy atom. The number of anilines is 1. The Morgan fingerprint density at radius 1 is 1.17 bits per heavy atom. The molecule has 0 heterocycles. The summed E-state index contributed by atoms with van der Waals surface area (Å²) in [5.41, 5.74) is 0.981. The molecule has 0 aromatic heterocycles. The molecule has 0 aliphatic heterocycles. The van der Waals surface area contributed by atoms with Crippen molar-refractivity contribution in [2.24, 2.45) is 0 Å². The van der Waals surface area contributed by atoms with Crippen LogP contribution in [0.15, 0.2) is 47.4 Å². The van der Waals surface area contributed by atoms with Crippen molar-refractivity contribution in [3.63, 3.8) is 0 Å². The van der Waals surface area contributed by atoms with E-state index in [1.807, 2.05) is 0 Å². The Hall–Kier alpha value is -1.72. The van der Waals surface area contributed by atoms with Gasteiger partial charge >= 0.3 is 0 Å². The quantitative estimate of drug-likeness (QED) is 0.776. The topological polar surface area (TPSA) is 66.4 Å². The van der Waals surface area contributed by atoms with Gasteiger partial charge in [0.1, 0.15) is 5.75 Å². The van der Waals surface area contributed by atoms with Crippen LogP contribution in [0.1, 0.15) is 32.8 Å². The fourth-order valence-electron chi connectivity index (χ4n) is 2.08. The van der Waals surface area contributed by atoms with Gasteiger partial charge in [-0.05, 0) is 47.7 Å². The number of rotatable bonds is 5. The largest absolute Gasteiger partial charge is 0.506 e. The zero-order chi connectivity index (χ0) is 17.3. The lowest BCUT2D eigenvalue weighted by Crippen LogP contribution is -2.17. The van der Waals surface area contributed by atoms with Crippen molar-refractivity contribution in [2.75, 3.05) is 4.72 Å². The molecular weight excluding hydrogens is 334 g/mol. The van der Waals surface area contributed by atoms with Crippen molar-refractivity contribution in [3.05, 3.63) is 53.1 Å². The second-order valence-corrected chi connectivity index (χ2v) is 8.15. The maximum Gasteiger partial charge on any atom is 0.262 e. The van der Waals surface area contributed by atoms with E-state index >= 15 is 0 Å². The predicted octanol–water partition coefficient (Wildman–Crippen LogP) is 4.53. The van der Waals surface area contributed by atoms with Gasteiger partial charge in [-0.2, -0.15) is 0 Å². The molecule has 4 nitrogen and oxygen atoms in total. The second kappa shape index (κ2) is 6.42. The van der Waals surface area contributed by atoms with E-state index in [2.05, 4.69) is 25.5 Å². The van der Waals surface area contributed by atoms with Crippen molar-refractivity contribution < 1.29 is 13.5 Å². The summed E-state index contributed by atoms with van der Waals surface area (Å²) in [4.78, 5) is 0.0459. The third kappa shape index (κ3) is 3.98. The molecule has 0 spiro atoms. The zero-order valence-electron chi connectivity index (χ0n) is 13.3. The number of halogens is 1. The standard InChI is InChI=1S/C17H20ClNO3S/c1-4-17(2,3)12-8-9-16(20)15(10-12)19-23(21,22)14-7-5-6-13(18)11-14/h5-11,19-20H,4H2,1-3H3. The molecule has 0 aliphatic carbocycles. The van der Waals surface area contributed by atoms with Crippen molar-refractivity contribution in [2.45, 2.75) is 37.5 Å². The van der Waals surface area contributed by atoms with Gasteiger partial charge < -0.3 is 5.11 Å². The van der Waals surface area contributed by atoms with Gasteiger partial charge in [-0.15, -0.1) is 0 Å². The fourth-order valence-corrected chi connectivity index (χ4v) is 3.45. The van der Waals surface area contributed by atoms with E-state index in [1.54, 1.807) is 24.3 Å². The molecule has 2 rings (SSSR count). The van der Waals surface area contributed by atoms with Crippen molar-refractivity contribution >= 4 is 27.3 Å². The molecule has 0 saturated carbocycles. The number of aromatic hydroxyl groups is 1. The van der Waals surface area contributed by atoms with Gasteiger partial charge in [-0.25, -0.2) is 8.42 Å². The summed E-state index contributed by atoms with van der Waals surface area (Å²) < 4.78 is 27.3. The molecule has 0 atom stereocenters. The van der Waals surface area contributed by atoms with Crippen LogP contribution in [0.25, 0.3) is 0 Å². The Bertz CT molecular complexity index is 816. The summed E-state index contributed by atoms with van der Waals surface area (Å²) in [6.45, 7) is 6.19. The minimum absolute atomic E-state index is 0.0459. The summed E-state index contributed by atoms with van der Waals surface area (Å²) in [5, 5.41) is 10.3. The SMILES string of the molecule is CCC(C)(C)c1ccc(O)c(NS(=O)(=O)c2cccc(Cl)c2)c1. The van der Waals surface area contributed by atoms with Gasteiger partial charge in [0.2, 0.25) is 0 Å². The number of hydrogen-bond acceptors (Lipinski definition) is 3. The minimum atomic E-state index is -3.82. The normalized spacial score (nSPS) is 12.2. The van der Waals surface area contributed by atoms with E-state index in [1.165, 1.54) is 18.2 Å². The van der Waals surface area contributed by atoms with Gasteiger partial charge in [-0.1, -0.05) is 44.5 Å². The monoisotopic (exact) mass is 353 g/mol. The van der Waals surface area contributed by atoms with Crippen LogP contribution in [0, 0.1) is 0 Å². The molecule has 0 radical (unpaired) electrons. The van der Waals surface area contributed by atoms with Crippen LogP contribution in [-0.2, 0) is 15.4 Å². The Morgan fingerprint density at radius 3 is 2.48 bits per heavy atom. The molecule has 0 bridgehead atoms. The lowest BCUT2D eigenvalue weighted by Gasteiger charge is -2.24. The molecular formula is C17H20ClNO3S. The summed E-state index contributed by atoms with van der Waals surface area (Å²) in [6.07, 6.45) is 0.887. The van der Waals surface area contributed by atoms with E-state index in [4.69, 9.17) is 11.6 Å². The first kappa shape index (κ1) is 17.6. The molecule has 0 amide bonds. The van der Waals surface area contributed by atoms with Crippen LogP contribution in [0.3, 0.4) is 0 Å². The summed E-state index contributed by atoms with van der Waals surface area (Å²) in [6, 6.07) is 10.9. The summed E-state index contributed by atoms with van der Waals surface area (Å²) >= 11 is 5.85. The van der Waals surface area contributed by atoms with Gasteiger partial charge in [-0.3, -0.25) is 4.72 Å². The highest BCUT2D eigenvalue weighted by Crippen LogP contribution is 2.34. The molecule has 124 valence electrons. The molecule has 6 heteroatoms. The van der Waals surface area contributed by atoms with E-state index in [9.17, 15) is 13.5 Å². The first-order valence-electron chi connectivity index (χ1n) is 7.27. The maximum atomic E-state index is 12.5. The highest BCUT2D eigenvalue weighted by Gasteiger charge is 2.21. The summed E-state index contributed by atoms with van der Waals surface area (Å²) in [5.74, 6) is -0.119. The van der Waals surface area contributed by atoms with Gasteiger partial charge in [0.15, 0.2) is 0 Å². The van der Waals surface area contributed by atoms with Crippen LogP contribution >= 0.6 is 11.6 Å². The zero-order valence-corrected chi connectivity index (χ0v) is 14.9. The number of phenols is 1.